The minimum absolute atomic E-state index is 0.240. The molecule has 7 heteroatoms. The van der Waals surface area contributed by atoms with Gasteiger partial charge in [0.15, 0.2) is 5.13 Å². The van der Waals surface area contributed by atoms with Crippen LogP contribution in [0.1, 0.15) is 6.42 Å². The van der Waals surface area contributed by atoms with Crippen molar-refractivity contribution >= 4 is 28.5 Å². The van der Waals surface area contributed by atoms with Crippen molar-refractivity contribution in [3.8, 4) is 0 Å². The number of aromatic nitrogens is 1. The zero-order valence-corrected chi connectivity index (χ0v) is 9.61. The van der Waals surface area contributed by atoms with Gasteiger partial charge in [0.05, 0.1) is 12.0 Å². The monoisotopic (exact) mass is 253 g/mol. The van der Waals surface area contributed by atoms with E-state index in [-0.39, 0.29) is 12.1 Å². The molecule has 0 aromatic carbocycles. The Morgan fingerprint density at radius 3 is 2.88 bits per heavy atom. The summed E-state index contributed by atoms with van der Waals surface area (Å²) in [5, 5.41) is 16.3. The average Bonchev–Trinajstić information content (AvgIpc) is 2.88. The van der Waals surface area contributed by atoms with Crippen LogP contribution in [0.15, 0.2) is 23.7 Å². The molecule has 1 aliphatic carbocycles. The van der Waals surface area contributed by atoms with Crippen molar-refractivity contribution < 1.29 is 14.7 Å². The summed E-state index contributed by atoms with van der Waals surface area (Å²) in [4.78, 5) is 26.1. The van der Waals surface area contributed by atoms with Crippen molar-refractivity contribution in [2.24, 2.45) is 5.92 Å². The molecule has 3 N–H and O–H groups in total. The molecular weight excluding hydrogens is 242 g/mol. The lowest BCUT2D eigenvalue weighted by atomic mass is 10.1. The molecule has 1 aromatic rings. The molecule has 0 bridgehead atoms. The second kappa shape index (κ2) is 4.96. The van der Waals surface area contributed by atoms with Crippen LogP contribution in [0.4, 0.5) is 9.93 Å². The van der Waals surface area contributed by atoms with Crippen LogP contribution in [0, 0.1) is 5.92 Å². The number of carbonyl (C=O) groups excluding carboxylic acids is 1. The Morgan fingerprint density at radius 2 is 2.29 bits per heavy atom. The van der Waals surface area contributed by atoms with Gasteiger partial charge in [0.25, 0.3) is 0 Å². The summed E-state index contributed by atoms with van der Waals surface area (Å²) >= 11 is 1.32. The molecule has 17 heavy (non-hydrogen) atoms. The lowest BCUT2D eigenvalue weighted by Gasteiger charge is -2.11. The van der Waals surface area contributed by atoms with Gasteiger partial charge >= 0.3 is 12.0 Å². The molecule has 2 unspecified atom stereocenters. The maximum Gasteiger partial charge on any atom is 0.321 e. The maximum absolute atomic E-state index is 11.5. The molecule has 0 aliphatic heterocycles. The number of urea groups is 1. The van der Waals surface area contributed by atoms with Crippen molar-refractivity contribution in [2.75, 3.05) is 5.32 Å². The van der Waals surface area contributed by atoms with E-state index in [1.54, 1.807) is 23.7 Å². The summed E-state index contributed by atoms with van der Waals surface area (Å²) in [6.07, 6.45) is 5.27. The lowest BCUT2D eigenvalue weighted by Crippen LogP contribution is -2.36. The maximum atomic E-state index is 11.5. The Bertz CT molecular complexity index is 444. The number of amides is 2. The van der Waals surface area contributed by atoms with E-state index < -0.39 is 11.9 Å². The van der Waals surface area contributed by atoms with Gasteiger partial charge in [-0.05, 0) is 6.42 Å². The fourth-order valence-corrected chi connectivity index (χ4v) is 2.10. The number of rotatable bonds is 3. The van der Waals surface area contributed by atoms with Crippen LogP contribution >= 0.6 is 11.3 Å². The Kier molecular flexibility index (Phi) is 3.38. The number of carbonyl (C=O) groups is 2. The topological polar surface area (TPSA) is 91.3 Å². The third kappa shape index (κ3) is 3.04. The fourth-order valence-electron chi connectivity index (χ4n) is 1.58. The molecule has 0 spiro atoms. The normalized spacial score (nSPS) is 22.4. The quantitative estimate of drug-likeness (QED) is 0.708. The van der Waals surface area contributed by atoms with E-state index in [4.69, 9.17) is 5.11 Å². The third-order valence-electron chi connectivity index (χ3n) is 2.37. The van der Waals surface area contributed by atoms with Crippen LogP contribution in [0.5, 0.6) is 0 Å². The predicted molar refractivity (Wildman–Crippen MR) is 62.9 cm³/mol. The van der Waals surface area contributed by atoms with Crippen molar-refractivity contribution in [1.29, 1.82) is 0 Å². The van der Waals surface area contributed by atoms with Crippen LogP contribution in [0.25, 0.3) is 0 Å². The predicted octanol–water partition coefficient (Wildman–Crippen LogP) is 1.29. The molecule has 2 rings (SSSR count). The van der Waals surface area contributed by atoms with Crippen LogP contribution in [-0.2, 0) is 4.79 Å². The van der Waals surface area contributed by atoms with Crippen molar-refractivity contribution in [1.82, 2.24) is 10.3 Å². The number of carboxylic acids is 1. The molecule has 6 nitrogen and oxygen atoms in total. The number of nitrogens with one attached hydrogen (secondary N) is 2. The van der Waals surface area contributed by atoms with Gasteiger partial charge in [0.2, 0.25) is 0 Å². The van der Waals surface area contributed by atoms with Gasteiger partial charge in [0, 0.05) is 11.6 Å². The summed E-state index contributed by atoms with van der Waals surface area (Å²) < 4.78 is 0. The Labute approximate surface area is 101 Å². The van der Waals surface area contributed by atoms with E-state index in [0.717, 1.165) is 0 Å². The Morgan fingerprint density at radius 1 is 1.47 bits per heavy atom. The molecule has 2 atom stereocenters. The lowest BCUT2D eigenvalue weighted by molar-refractivity contribution is -0.140. The molecule has 90 valence electrons. The van der Waals surface area contributed by atoms with E-state index in [0.29, 0.717) is 11.6 Å². The molecule has 2 amide bonds. The zero-order chi connectivity index (χ0) is 12.3. The summed E-state index contributed by atoms with van der Waals surface area (Å²) in [6.45, 7) is 0. The van der Waals surface area contributed by atoms with Crippen LogP contribution in [0.2, 0.25) is 0 Å². The summed E-state index contributed by atoms with van der Waals surface area (Å²) in [5.41, 5.74) is 0. The van der Waals surface area contributed by atoms with Crippen molar-refractivity contribution in [3.05, 3.63) is 23.7 Å². The summed E-state index contributed by atoms with van der Waals surface area (Å²) in [6, 6.07) is -0.614. The highest BCUT2D eigenvalue weighted by atomic mass is 32.1. The third-order valence-corrected chi connectivity index (χ3v) is 3.06. The number of hydrogen-bond acceptors (Lipinski definition) is 4. The molecule has 1 aromatic heterocycles. The smallest absolute Gasteiger partial charge is 0.321 e. The first kappa shape index (κ1) is 11.6. The van der Waals surface area contributed by atoms with Gasteiger partial charge < -0.3 is 10.4 Å². The summed E-state index contributed by atoms with van der Waals surface area (Å²) in [7, 11) is 0. The van der Waals surface area contributed by atoms with Gasteiger partial charge in [-0.1, -0.05) is 12.2 Å². The van der Waals surface area contributed by atoms with Gasteiger partial charge in [-0.15, -0.1) is 11.3 Å². The van der Waals surface area contributed by atoms with E-state index in [1.165, 1.54) is 11.3 Å². The first-order chi connectivity index (χ1) is 8.15. The molecule has 1 aliphatic rings. The van der Waals surface area contributed by atoms with Gasteiger partial charge in [-0.2, -0.15) is 0 Å². The van der Waals surface area contributed by atoms with Gasteiger partial charge in [-0.25, -0.2) is 9.78 Å². The highest BCUT2D eigenvalue weighted by Gasteiger charge is 2.25. The SMILES string of the molecule is O=C(Nc1nccs1)NC1C=CC(C(=O)O)C1. The number of aliphatic carboxylic acids is 1. The molecule has 1 heterocycles. The standard InChI is InChI=1S/C10H11N3O3S/c14-8(15)6-1-2-7(5-6)12-9(16)13-10-11-3-4-17-10/h1-4,6-7H,5H2,(H,14,15)(H2,11,12,13,16). The minimum Gasteiger partial charge on any atom is -0.481 e. The van der Waals surface area contributed by atoms with Crippen LogP contribution < -0.4 is 10.6 Å². The van der Waals surface area contributed by atoms with Gasteiger partial charge in [0.1, 0.15) is 0 Å². The molecule has 0 radical (unpaired) electrons. The van der Waals surface area contributed by atoms with Crippen molar-refractivity contribution in [3.63, 3.8) is 0 Å². The van der Waals surface area contributed by atoms with E-state index in [9.17, 15) is 9.59 Å². The number of hydrogen-bond donors (Lipinski definition) is 3. The number of thiazole rings is 1. The van der Waals surface area contributed by atoms with E-state index in [2.05, 4.69) is 15.6 Å². The molecule has 0 saturated heterocycles. The van der Waals surface area contributed by atoms with E-state index >= 15 is 0 Å². The average molecular weight is 253 g/mol. The minimum atomic E-state index is -0.870. The van der Waals surface area contributed by atoms with E-state index in [1.807, 2.05) is 0 Å². The van der Waals surface area contributed by atoms with Gasteiger partial charge in [-0.3, -0.25) is 10.1 Å². The Hall–Kier alpha value is -1.89. The molecule has 0 saturated carbocycles. The zero-order valence-electron chi connectivity index (χ0n) is 8.79. The number of carboxylic acid groups (broad SMARTS) is 1. The molecule has 0 fully saturated rings. The first-order valence-electron chi connectivity index (χ1n) is 5.03. The second-order valence-corrected chi connectivity index (χ2v) is 4.50. The summed E-state index contributed by atoms with van der Waals surface area (Å²) in [5.74, 6) is -1.38. The highest BCUT2D eigenvalue weighted by Crippen LogP contribution is 2.18. The van der Waals surface area contributed by atoms with Crippen molar-refractivity contribution in [2.45, 2.75) is 12.5 Å². The highest BCUT2D eigenvalue weighted by molar-refractivity contribution is 7.13. The number of nitrogens with zero attached hydrogens (tertiary/aromatic N) is 1. The fraction of sp³-hybridized carbons (Fsp3) is 0.300. The Balaban J connectivity index is 1.81. The first-order valence-corrected chi connectivity index (χ1v) is 5.91. The second-order valence-electron chi connectivity index (χ2n) is 3.61. The molecular formula is C10H11N3O3S. The van der Waals surface area contributed by atoms with Crippen LogP contribution in [-0.4, -0.2) is 28.1 Å². The largest absolute Gasteiger partial charge is 0.481 e. The number of anilines is 1. The van der Waals surface area contributed by atoms with Crippen LogP contribution in [0.3, 0.4) is 0 Å².